The molecule has 1 saturated heterocycles. The molecule has 2 rings (SSSR count). The van der Waals surface area contributed by atoms with E-state index in [1.807, 2.05) is 11.8 Å². The summed E-state index contributed by atoms with van der Waals surface area (Å²) in [7, 11) is 1.54. The summed E-state index contributed by atoms with van der Waals surface area (Å²) in [4.78, 5) is 39.4. The lowest BCUT2D eigenvalue weighted by Gasteiger charge is -2.36. The first-order valence-corrected chi connectivity index (χ1v) is 9.86. The molecule has 0 spiro atoms. The van der Waals surface area contributed by atoms with Crippen molar-refractivity contribution in [3.05, 3.63) is 33.9 Å². The minimum atomic E-state index is -4.66. The molecule has 172 valence electrons. The number of anilines is 1. The average molecular weight is 445 g/mol. The molecule has 12 heteroatoms. The van der Waals surface area contributed by atoms with E-state index in [0.717, 1.165) is 18.6 Å². The van der Waals surface area contributed by atoms with Crippen molar-refractivity contribution in [3.63, 3.8) is 0 Å². The normalized spacial score (nSPS) is 14.9. The molecule has 1 heterocycles. The molecule has 9 nitrogen and oxygen atoms in total. The number of likely N-dealkylation sites (N-methyl/N-ethyl adjacent to an activating group) is 1. The van der Waals surface area contributed by atoms with Gasteiger partial charge in [0.25, 0.3) is 5.69 Å². The van der Waals surface area contributed by atoms with E-state index in [2.05, 4.69) is 5.32 Å². The molecule has 1 aliphatic rings. The van der Waals surface area contributed by atoms with Gasteiger partial charge in [-0.05, 0) is 18.6 Å². The van der Waals surface area contributed by atoms with Crippen LogP contribution in [-0.2, 0) is 15.8 Å². The maximum atomic E-state index is 12.9. The minimum Gasteiger partial charge on any atom is -0.363 e. The standard InChI is InChI=1S/C19H26F3N5O4/c1-3-6-23-17(28)12-24(2)18(29)13-25-7-9-26(10-8-25)15-5-4-14(19(20,21)22)11-16(15)27(30)31/h4-5,11H,3,6-10,12-13H2,1-2H3,(H,23,28). The summed E-state index contributed by atoms with van der Waals surface area (Å²) < 4.78 is 38.6. The lowest BCUT2D eigenvalue weighted by Crippen LogP contribution is -2.50. The smallest absolute Gasteiger partial charge is 0.363 e. The second-order valence-electron chi connectivity index (χ2n) is 7.32. The Balaban J connectivity index is 1.94. The number of nitrogens with one attached hydrogen (secondary N) is 1. The van der Waals surface area contributed by atoms with Gasteiger partial charge in [0.15, 0.2) is 0 Å². The molecule has 0 aliphatic carbocycles. The summed E-state index contributed by atoms with van der Waals surface area (Å²) in [6.45, 7) is 3.95. The predicted octanol–water partition coefficient (Wildman–Crippen LogP) is 1.72. The summed E-state index contributed by atoms with van der Waals surface area (Å²) in [5.41, 5.74) is -1.55. The van der Waals surface area contributed by atoms with Gasteiger partial charge in [-0.2, -0.15) is 13.2 Å². The van der Waals surface area contributed by atoms with Crippen molar-refractivity contribution in [1.82, 2.24) is 15.1 Å². The molecule has 2 amide bonds. The number of carbonyl (C=O) groups is 2. The van der Waals surface area contributed by atoms with Gasteiger partial charge in [-0.25, -0.2) is 0 Å². The van der Waals surface area contributed by atoms with Crippen LogP contribution in [0.5, 0.6) is 0 Å². The fraction of sp³-hybridized carbons (Fsp3) is 0.579. The van der Waals surface area contributed by atoms with Crippen LogP contribution in [0.15, 0.2) is 18.2 Å². The molecular formula is C19H26F3N5O4. The lowest BCUT2D eigenvalue weighted by molar-refractivity contribution is -0.384. The molecule has 1 fully saturated rings. The van der Waals surface area contributed by atoms with E-state index >= 15 is 0 Å². The van der Waals surface area contributed by atoms with Crippen LogP contribution in [0.4, 0.5) is 24.5 Å². The molecule has 0 bridgehead atoms. The van der Waals surface area contributed by atoms with Gasteiger partial charge in [0.2, 0.25) is 11.8 Å². The number of nitrogens with zero attached hydrogens (tertiary/aromatic N) is 4. The number of alkyl halides is 3. The number of hydrogen-bond acceptors (Lipinski definition) is 6. The lowest BCUT2D eigenvalue weighted by atomic mass is 10.1. The topological polar surface area (TPSA) is 99.0 Å². The Morgan fingerprint density at radius 1 is 1.23 bits per heavy atom. The largest absolute Gasteiger partial charge is 0.416 e. The van der Waals surface area contributed by atoms with Gasteiger partial charge in [-0.3, -0.25) is 24.6 Å². The van der Waals surface area contributed by atoms with Crippen LogP contribution >= 0.6 is 0 Å². The molecule has 0 aromatic heterocycles. The molecule has 0 unspecified atom stereocenters. The van der Waals surface area contributed by atoms with Crippen LogP contribution in [-0.4, -0.2) is 79.4 Å². The number of rotatable bonds is 8. The van der Waals surface area contributed by atoms with Crippen LogP contribution in [0.2, 0.25) is 0 Å². The molecule has 1 aliphatic heterocycles. The third kappa shape index (κ3) is 6.81. The van der Waals surface area contributed by atoms with E-state index < -0.39 is 22.4 Å². The molecule has 31 heavy (non-hydrogen) atoms. The Morgan fingerprint density at radius 2 is 1.87 bits per heavy atom. The summed E-state index contributed by atoms with van der Waals surface area (Å²) in [6.07, 6.45) is -3.87. The highest BCUT2D eigenvalue weighted by Crippen LogP contribution is 2.36. The van der Waals surface area contributed by atoms with Crippen LogP contribution in [0.3, 0.4) is 0 Å². The third-order valence-corrected chi connectivity index (χ3v) is 4.95. The Labute approximate surface area is 177 Å². The van der Waals surface area contributed by atoms with Gasteiger partial charge in [0.05, 0.1) is 23.6 Å². The monoisotopic (exact) mass is 445 g/mol. The molecule has 0 atom stereocenters. The van der Waals surface area contributed by atoms with E-state index in [9.17, 15) is 32.9 Å². The van der Waals surface area contributed by atoms with Crippen LogP contribution in [0.25, 0.3) is 0 Å². The highest BCUT2D eigenvalue weighted by molar-refractivity contribution is 5.85. The van der Waals surface area contributed by atoms with Gasteiger partial charge < -0.3 is 15.1 Å². The van der Waals surface area contributed by atoms with Crippen LogP contribution < -0.4 is 10.2 Å². The predicted molar refractivity (Wildman–Crippen MR) is 108 cm³/mol. The van der Waals surface area contributed by atoms with Crippen molar-refractivity contribution < 1.29 is 27.7 Å². The van der Waals surface area contributed by atoms with Crippen molar-refractivity contribution in [2.45, 2.75) is 19.5 Å². The first-order chi connectivity index (χ1) is 14.5. The maximum Gasteiger partial charge on any atom is 0.416 e. The zero-order chi connectivity index (χ0) is 23.2. The van der Waals surface area contributed by atoms with Gasteiger partial charge in [-0.15, -0.1) is 0 Å². The number of amides is 2. The average Bonchev–Trinajstić information content (AvgIpc) is 2.71. The van der Waals surface area contributed by atoms with Gasteiger partial charge in [-0.1, -0.05) is 6.92 Å². The fourth-order valence-corrected chi connectivity index (χ4v) is 3.20. The van der Waals surface area contributed by atoms with Crippen molar-refractivity contribution in [3.8, 4) is 0 Å². The van der Waals surface area contributed by atoms with Crippen molar-refractivity contribution in [1.29, 1.82) is 0 Å². The SMILES string of the molecule is CCCNC(=O)CN(C)C(=O)CN1CCN(c2ccc(C(F)(F)F)cc2[N+](=O)[O-])CC1. The number of piperazine rings is 1. The second-order valence-corrected chi connectivity index (χ2v) is 7.32. The van der Waals surface area contributed by atoms with Gasteiger partial charge in [0, 0.05) is 45.8 Å². The van der Waals surface area contributed by atoms with E-state index in [1.165, 1.54) is 11.9 Å². The van der Waals surface area contributed by atoms with E-state index in [-0.39, 0.29) is 30.6 Å². The van der Waals surface area contributed by atoms with Gasteiger partial charge in [0.1, 0.15) is 5.69 Å². The van der Waals surface area contributed by atoms with E-state index in [1.54, 1.807) is 4.90 Å². The number of benzene rings is 1. The number of carbonyl (C=O) groups excluding carboxylic acids is 2. The van der Waals surface area contributed by atoms with Gasteiger partial charge >= 0.3 is 6.18 Å². The molecule has 1 aromatic carbocycles. The molecule has 1 N–H and O–H groups in total. The highest BCUT2D eigenvalue weighted by Gasteiger charge is 2.34. The number of nitro groups is 1. The third-order valence-electron chi connectivity index (χ3n) is 4.95. The zero-order valence-electron chi connectivity index (χ0n) is 17.4. The summed E-state index contributed by atoms with van der Waals surface area (Å²) in [6, 6.07) is 2.49. The van der Waals surface area contributed by atoms with Crippen molar-refractivity contribution in [2.24, 2.45) is 0 Å². The van der Waals surface area contributed by atoms with Crippen LogP contribution in [0.1, 0.15) is 18.9 Å². The van der Waals surface area contributed by atoms with E-state index in [0.29, 0.717) is 38.8 Å². The summed E-state index contributed by atoms with van der Waals surface area (Å²) in [5, 5.41) is 14.0. The Bertz CT molecular complexity index is 810. The Morgan fingerprint density at radius 3 is 2.42 bits per heavy atom. The van der Waals surface area contributed by atoms with Crippen molar-refractivity contribution >= 4 is 23.2 Å². The molecular weight excluding hydrogens is 419 g/mol. The summed E-state index contributed by atoms with van der Waals surface area (Å²) >= 11 is 0. The summed E-state index contributed by atoms with van der Waals surface area (Å²) in [5.74, 6) is -0.474. The quantitative estimate of drug-likeness (QED) is 0.483. The molecule has 1 aromatic rings. The van der Waals surface area contributed by atoms with Crippen molar-refractivity contribution in [2.75, 3.05) is 57.8 Å². The first-order valence-electron chi connectivity index (χ1n) is 9.86. The van der Waals surface area contributed by atoms with Crippen LogP contribution in [0, 0.1) is 10.1 Å². The number of halogens is 3. The first kappa shape index (κ1) is 24.4. The van der Waals surface area contributed by atoms with E-state index in [4.69, 9.17) is 0 Å². The maximum absolute atomic E-state index is 12.9. The minimum absolute atomic E-state index is 0.0451. The molecule has 0 radical (unpaired) electrons. The number of hydrogen-bond donors (Lipinski definition) is 1. The second kappa shape index (κ2) is 10.4. The number of nitro benzene ring substituents is 1. The fourth-order valence-electron chi connectivity index (χ4n) is 3.20. The Kier molecular flexibility index (Phi) is 8.20. The Hall–Kier alpha value is -2.89. The zero-order valence-corrected chi connectivity index (χ0v) is 17.4. The highest BCUT2D eigenvalue weighted by atomic mass is 19.4. The molecule has 0 saturated carbocycles.